The Labute approximate surface area is 113 Å². The van der Waals surface area contributed by atoms with Gasteiger partial charge in [-0.25, -0.2) is 13.2 Å². The van der Waals surface area contributed by atoms with Crippen molar-refractivity contribution in [3.05, 3.63) is 69.5 Å². The van der Waals surface area contributed by atoms with Crippen LogP contribution in [-0.2, 0) is 0 Å². The highest BCUT2D eigenvalue weighted by molar-refractivity contribution is 6.31. The average molecular weight is 286 g/mol. The summed E-state index contributed by atoms with van der Waals surface area (Å²) in [5.41, 5.74) is 6.18. The van der Waals surface area contributed by atoms with E-state index in [2.05, 4.69) is 0 Å². The molecule has 1 unspecified atom stereocenters. The van der Waals surface area contributed by atoms with Gasteiger partial charge in [-0.3, -0.25) is 0 Å². The number of benzene rings is 2. The number of nitrogens with two attached hydrogens (primary N) is 1. The zero-order chi connectivity index (χ0) is 14.2. The fourth-order valence-electron chi connectivity index (χ4n) is 1.83. The van der Waals surface area contributed by atoms with Crippen molar-refractivity contribution in [2.45, 2.75) is 13.0 Å². The molecule has 2 aromatic rings. The van der Waals surface area contributed by atoms with Gasteiger partial charge in [-0.2, -0.15) is 0 Å². The molecule has 0 aliphatic heterocycles. The van der Waals surface area contributed by atoms with E-state index < -0.39 is 23.5 Å². The maximum atomic E-state index is 13.8. The molecule has 1 nitrogen and oxygen atoms in total. The molecule has 0 aliphatic rings. The van der Waals surface area contributed by atoms with Crippen LogP contribution < -0.4 is 5.73 Å². The van der Waals surface area contributed by atoms with E-state index in [1.54, 1.807) is 0 Å². The van der Waals surface area contributed by atoms with Crippen LogP contribution in [0.1, 0.15) is 22.7 Å². The molecule has 2 N–H and O–H groups in total. The van der Waals surface area contributed by atoms with Crippen molar-refractivity contribution in [1.82, 2.24) is 0 Å². The van der Waals surface area contributed by atoms with E-state index in [1.165, 1.54) is 37.3 Å². The van der Waals surface area contributed by atoms with Gasteiger partial charge in [-0.15, -0.1) is 0 Å². The third-order valence-corrected chi connectivity index (χ3v) is 3.36. The lowest BCUT2D eigenvalue weighted by Gasteiger charge is -2.16. The smallest absolute Gasteiger partial charge is 0.164 e. The van der Waals surface area contributed by atoms with Crippen molar-refractivity contribution < 1.29 is 13.2 Å². The van der Waals surface area contributed by atoms with E-state index in [0.717, 1.165) is 0 Å². The topological polar surface area (TPSA) is 26.0 Å². The van der Waals surface area contributed by atoms with Crippen LogP contribution in [-0.4, -0.2) is 0 Å². The molecule has 1 atom stereocenters. The average Bonchev–Trinajstić information content (AvgIpc) is 2.39. The van der Waals surface area contributed by atoms with Crippen LogP contribution in [0.5, 0.6) is 0 Å². The zero-order valence-electron chi connectivity index (χ0n) is 10.1. The van der Waals surface area contributed by atoms with E-state index in [0.29, 0.717) is 0 Å². The highest BCUT2D eigenvalue weighted by Crippen LogP contribution is 2.30. The minimum Gasteiger partial charge on any atom is -0.320 e. The van der Waals surface area contributed by atoms with Gasteiger partial charge in [0.1, 0.15) is 5.82 Å². The third kappa shape index (κ3) is 2.46. The molecule has 2 aromatic carbocycles. The molecule has 0 saturated heterocycles. The van der Waals surface area contributed by atoms with Gasteiger partial charge in [0.25, 0.3) is 0 Å². The van der Waals surface area contributed by atoms with Gasteiger partial charge in [0.2, 0.25) is 0 Å². The van der Waals surface area contributed by atoms with Crippen LogP contribution >= 0.6 is 11.6 Å². The maximum Gasteiger partial charge on any atom is 0.164 e. The first-order valence-electron chi connectivity index (χ1n) is 5.57. The lowest BCUT2D eigenvalue weighted by Crippen LogP contribution is -2.15. The van der Waals surface area contributed by atoms with Crippen molar-refractivity contribution in [3.8, 4) is 0 Å². The summed E-state index contributed by atoms with van der Waals surface area (Å²) in [6.45, 7) is 1.45. The molecule has 0 aromatic heterocycles. The minimum absolute atomic E-state index is 0.0596. The van der Waals surface area contributed by atoms with Crippen molar-refractivity contribution in [2.24, 2.45) is 5.73 Å². The Kier molecular flexibility index (Phi) is 3.83. The van der Waals surface area contributed by atoms with Gasteiger partial charge in [0, 0.05) is 5.56 Å². The molecule has 0 radical (unpaired) electrons. The van der Waals surface area contributed by atoms with Crippen molar-refractivity contribution >= 4 is 11.6 Å². The Morgan fingerprint density at radius 3 is 2.37 bits per heavy atom. The van der Waals surface area contributed by atoms with Gasteiger partial charge in [-0.1, -0.05) is 35.9 Å². The number of hydrogen-bond donors (Lipinski definition) is 1. The predicted octanol–water partition coefficient (Wildman–Crippen LogP) is 4.11. The Hall–Kier alpha value is -1.52. The molecular weight excluding hydrogens is 275 g/mol. The fourth-order valence-corrected chi connectivity index (χ4v) is 2.07. The Morgan fingerprint density at radius 1 is 1.00 bits per heavy atom. The van der Waals surface area contributed by atoms with Gasteiger partial charge in [0.15, 0.2) is 11.6 Å². The highest BCUT2D eigenvalue weighted by Gasteiger charge is 2.20. The molecule has 2 rings (SSSR count). The molecule has 19 heavy (non-hydrogen) atoms. The molecule has 0 aliphatic carbocycles. The fraction of sp³-hybridized carbons (Fsp3) is 0.143. The predicted molar refractivity (Wildman–Crippen MR) is 68.5 cm³/mol. The molecule has 0 heterocycles. The van der Waals surface area contributed by atoms with Crippen molar-refractivity contribution in [1.29, 1.82) is 0 Å². The standard InChI is InChI=1S/C14H11ClF3N/c1-7-5-6-9(13(18)12(7)17)14(19)8-3-2-4-10(16)11(8)15/h2-6,14H,19H2,1H3. The first-order chi connectivity index (χ1) is 8.93. The van der Waals surface area contributed by atoms with E-state index in [9.17, 15) is 13.2 Å². The summed E-state index contributed by atoms with van der Waals surface area (Å²) >= 11 is 5.79. The summed E-state index contributed by atoms with van der Waals surface area (Å²) in [7, 11) is 0. The second kappa shape index (κ2) is 5.23. The summed E-state index contributed by atoms with van der Waals surface area (Å²) in [6.07, 6.45) is 0. The Balaban J connectivity index is 2.53. The largest absolute Gasteiger partial charge is 0.320 e. The number of aryl methyl sites for hydroxylation is 1. The Morgan fingerprint density at radius 2 is 1.68 bits per heavy atom. The van der Waals surface area contributed by atoms with Gasteiger partial charge in [-0.05, 0) is 24.1 Å². The normalized spacial score (nSPS) is 12.5. The summed E-state index contributed by atoms with van der Waals surface area (Å²) in [5.74, 6) is -2.64. The summed E-state index contributed by atoms with van der Waals surface area (Å²) in [6, 6.07) is 5.83. The second-order valence-electron chi connectivity index (χ2n) is 4.22. The molecular formula is C14H11ClF3N. The van der Waals surface area contributed by atoms with E-state index >= 15 is 0 Å². The second-order valence-corrected chi connectivity index (χ2v) is 4.60. The zero-order valence-corrected chi connectivity index (χ0v) is 10.8. The van der Waals surface area contributed by atoms with Crippen LogP contribution in [0.25, 0.3) is 0 Å². The van der Waals surface area contributed by atoms with E-state index in [4.69, 9.17) is 17.3 Å². The SMILES string of the molecule is Cc1ccc(C(N)c2cccc(F)c2Cl)c(F)c1F. The van der Waals surface area contributed by atoms with E-state index in [-0.39, 0.29) is 21.7 Å². The molecule has 5 heteroatoms. The lowest BCUT2D eigenvalue weighted by molar-refractivity contribution is 0.489. The molecule has 0 bridgehead atoms. The van der Waals surface area contributed by atoms with Gasteiger partial charge in [0.05, 0.1) is 11.1 Å². The summed E-state index contributed by atoms with van der Waals surface area (Å²) in [4.78, 5) is 0. The highest BCUT2D eigenvalue weighted by atomic mass is 35.5. The third-order valence-electron chi connectivity index (χ3n) is 2.96. The number of rotatable bonds is 2. The van der Waals surface area contributed by atoms with Gasteiger partial charge >= 0.3 is 0 Å². The van der Waals surface area contributed by atoms with Crippen LogP contribution in [0.3, 0.4) is 0 Å². The first kappa shape index (κ1) is 13.9. The quantitative estimate of drug-likeness (QED) is 0.883. The first-order valence-corrected chi connectivity index (χ1v) is 5.95. The molecule has 0 amide bonds. The summed E-state index contributed by atoms with van der Waals surface area (Å²) < 4.78 is 40.7. The van der Waals surface area contributed by atoms with Crippen LogP contribution in [0, 0.1) is 24.4 Å². The van der Waals surface area contributed by atoms with Crippen LogP contribution in [0.2, 0.25) is 5.02 Å². The summed E-state index contributed by atoms with van der Waals surface area (Å²) in [5, 5.41) is -0.185. The maximum absolute atomic E-state index is 13.8. The van der Waals surface area contributed by atoms with Crippen molar-refractivity contribution in [3.63, 3.8) is 0 Å². The molecule has 100 valence electrons. The number of hydrogen-bond acceptors (Lipinski definition) is 1. The molecule has 0 fully saturated rings. The van der Waals surface area contributed by atoms with Crippen molar-refractivity contribution in [2.75, 3.05) is 0 Å². The van der Waals surface area contributed by atoms with Crippen LogP contribution in [0.4, 0.5) is 13.2 Å². The van der Waals surface area contributed by atoms with E-state index in [1.807, 2.05) is 0 Å². The lowest BCUT2D eigenvalue weighted by atomic mass is 9.97. The van der Waals surface area contributed by atoms with Crippen LogP contribution in [0.15, 0.2) is 30.3 Å². The number of halogens is 4. The van der Waals surface area contributed by atoms with Gasteiger partial charge < -0.3 is 5.73 Å². The monoisotopic (exact) mass is 285 g/mol. The molecule has 0 saturated carbocycles. The Bertz CT molecular complexity index is 628. The minimum atomic E-state index is -1.03. The molecule has 0 spiro atoms.